The van der Waals surface area contributed by atoms with Crippen LogP contribution in [0.3, 0.4) is 0 Å². The maximum absolute atomic E-state index is 14.6. The molecule has 3 heterocycles. The van der Waals surface area contributed by atoms with Crippen molar-refractivity contribution in [1.82, 2.24) is 40.9 Å². The van der Waals surface area contributed by atoms with Crippen LogP contribution in [0.25, 0.3) is 16.7 Å². The standard InChI is InChI=1S/C38H50N8O7/c1-9-25-30(47)32(48)38(25,42-21-11-12-21)43-33(49)27-18-23(20-45(27)34(50)31(36(2,3)4)41-35(51)44-37(5,6)7)53-28-19-29(46-16-10-15-39-46)40-26-17-22(52-8)13-14-24(26)28/h10,13-17,19,21,23,25,27,31,42H,9,11-12,18,20H2,1-8H3,(H,43,49)(H2,41,44,51)/t23-,25?,27+,31-,38?/m1/s1. The van der Waals surface area contributed by atoms with E-state index < -0.39 is 70.1 Å². The molecule has 0 radical (unpaired) electrons. The second kappa shape index (κ2) is 14.1. The fourth-order valence-corrected chi connectivity index (χ4v) is 7.08. The number of carbonyl (C=O) groups is 5. The molecule has 3 aromatic rings. The highest BCUT2D eigenvalue weighted by Crippen LogP contribution is 2.38. The SMILES string of the molecule is CCC1C(=O)C(=O)C1(NC(=O)[C@@H]1C[C@@H](Oc2cc(-n3cccn3)nc3cc(OC)ccc23)CN1C(=O)[C@@H](NC(=O)NC(C)(C)C)C(C)(C)C)NC1CC1. The van der Waals surface area contributed by atoms with Crippen LogP contribution in [0.1, 0.15) is 74.1 Å². The molecule has 1 aliphatic heterocycles. The van der Waals surface area contributed by atoms with E-state index in [1.807, 2.05) is 47.6 Å². The number of nitrogens with zero attached hydrogens (tertiary/aromatic N) is 4. The number of urea groups is 1. The summed E-state index contributed by atoms with van der Waals surface area (Å²) in [7, 11) is 1.57. The number of fused-ring (bicyclic) bond motifs is 1. The Kier molecular flexibility index (Phi) is 10.0. The maximum atomic E-state index is 14.6. The van der Waals surface area contributed by atoms with Gasteiger partial charge in [-0.25, -0.2) is 14.5 Å². The van der Waals surface area contributed by atoms with Crippen LogP contribution in [-0.4, -0.2) is 98.2 Å². The van der Waals surface area contributed by atoms with Crippen LogP contribution in [0.2, 0.25) is 0 Å². The summed E-state index contributed by atoms with van der Waals surface area (Å²) >= 11 is 0. The van der Waals surface area contributed by atoms with Crippen LogP contribution in [0.15, 0.2) is 42.7 Å². The number of hydrogen-bond donors (Lipinski definition) is 4. The first-order valence-corrected chi connectivity index (χ1v) is 18.2. The van der Waals surface area contributed by atoms with Crippen LogP contribution in [0.5, 0.6) is 11.5 Å². The minimum atomic E-state index is -1.55. The Morgan fingerprint density at radius 3 is 2.42 bits per heavy atom. The smallest absolute Gasteiger partial charge is 0.315 e. The molecule has 2 saturated carbocycles. The molecule has 0 spiro atoms. The second-order valence-corrected chi connectivity index (χ2v) is 16.3. The van der Waals surface area contributed by atoms with Crippen LogP contribution in [-0.2, 0) is 19.2 Å². The summed E-state index contributed by atoms with van der Waals surface area (Å²) < 4.78 is 13.7. The molecule has 4 amide bonds. The molecule has 2 unspecified atom stereocenters. The number of pyridine rings is 1. The molecule has 3 fully saturated rings. The van der Waals surface area contributed by atoms with Crippen molar-refractivity contribution in [2.24, 2.45) is 11.3 Å². The predicted octanol–water partition coefficient (Wildman–Crippen LogP) is 3.03. The molecule has 4 N–H and O–H groups in total. The molecule has 15 heteroatoms. The first kappa shape index (κ1) is 37.7. The van der Waals surface area contributed by atoms with Crippen molar-refractivity contribution in [3.05, 3.63) is 42.7 Å². The zero-order chi connectivity index (χ0) is 38.5. The Morgan fingerprint density at radius 2 is 1.81 bits per heavy atom. The fraction of sp³-hybridized carbons (Fsp3) is 0.553. The Balaban J connectivity index is 1.35. The van der Waals surface area contributed by atoms with Gasteiger partial charge in [-0.1, -0.05) is 27.7 Å². The van der Waals surface area contributed by atoms with Crippen LogP contribution in [0.4, 0.5) is 4.79 Å². The Labute approximate surface area is 308 Å². The Bertz CT molecular complexity index is 1910. The first-order valence-electron chi connectivity index (χ1n) is 18.2. The van der Waals surface area contributed by atoms with E-state index in [-0.39, 0.29) is 19.0 Å². The highest BCUT2D eigenvalue weighted by molar-refractivity contribution is 6.49. The predicted molar refractivity (Wildman–Crippen MR) is 195 cm³/mol. The number of likely N-dealkylation sites (tertiary alicyclic amines) is 1. The van der Waals surface area contributed by atoms with Gasteiger partial charge in [-0.05, 0) is 63.6 Å². The van der Waals surface area contributed by atoms with Gasteiger partial charge in [0.1, 0.15) is 29.7 Å². The molecule has 0 bridgehead atoms. The number of benzene rings is 1. The van der Waals surface area contributed by atoms with E-state index in [2.05, 4.69) is 26.4 Å². The van der Waals surface area contributed by atoms with E-state index in [4.69, 9.17) is 14.5 Å². The van der Waals surface area contributed by atoms with E-state index in [1.54, 1.807) is 55.4 Å². The van der Waals surface area contributed by atoms with Gasteiger partial charge in [-0.3, -0.25) is 24.5 Å². The number of nitrogens with one attached hydrogen (secondary N) is 4. The number of amides is 4. The quantitative estimate of drug-likeness (QED) is 0.169. The van der Waals surface area contributed by atoms with Crippen molar-refractivity contribution in [1.29, 1.82) is 0 Å². The summed E-state index contributed by atoms with van der Waals surface area (Å²) in [5, 5.41) is 16.9. The van der Waals surface area contributed by atoms with Gasteiger partial charge in [-0.2, -0.15) is 5.10 Å². The average molecular weight is 731 g/mol. The highest BCUT2D eigenvalue weighted by atomic mass is 16.5. The summed E-state index contributed by atoms with van der Waals surface area (Å²) in [4.78, 5) is 74.4. The fourth-order valence-electron chi connectivity index (χ4n) is 7.08. The number of Topliss-reactive ketones (excluding diaryl/α,β-unsaturated/α-hetero) is 2. The molecule has 1 saturated heterocycles. The molecule has 53 heavy (non-hydrogen) atoms. The average Bonchev–Trinajstić information content (AvgIpc) is 3.54. The van der Waals surface area contributed by atoms with Crippen molar-refractivity contribution >= 4 is 40.3 Å². The van der Waals surface area contributed by atoms with E-state index >= 15 is 0 Å². The summed E-state index contributed by atoms with van der Waals surface area (Å²) in [6.45, 7) is 12.8. The lowest BCUT2D eigenvalue weighted by Crippen LogP contribution is -2.80. The van der Waals surface area contributed by atoms with Gasteiger partial charge in [0.05, 0.1) is 25.1 Å². The van der Waals surface area contributed by atoms with E-state index in [0.717, 1.165) is 12.8 Å². The number of carbonyl (C=O) groups excluding carboxylic acids is 5. The number of hydrogen-bond acceptors (Lipinski definition) is 10. The minimum Gasteiger partial charge on any atom is -0.497 e. The third kappa shape index (κ3) is 7.71. The zero-order valence-corrected chi connectivity index (χ0v) is 31.6. The van der Waals surface area contributed by atoms with Gasteiger partial charge in [0.25, 0.3) is 0 Å². The highest BCUT2D eigenvalue weighted by Gasteiger charge is 2.64. The molecule has 2 aliphatic carbocycles. The minimum absolute atomic E-state index is 0.00262. The number of aromatic nitrogens is 3. The van der Waals surface area contributed by atoms with Crippen LogP contribution >= 0.6 is 0 Å². The molecule has 6 rings (SSSR count). The monoisotopic (exact) mass is 730 g/mol. The summed E-state index contributed by atoms with van der Waals surface area (Å²) in [5.41, 5.74) is -2.29. The zero-order valence-electron chi connectivity index (χ0n) is 31.6. The molecule has 2 aromatic heterocycles. The van der Waals surface area contributed by atoms with Crippen molar-refractivity contribution in [2.75, 3.05) is 13.7 Å². The topological polar surface area (TPSA) is 186 Å². The van der Waals surface area contributed by atoms with Crippen molar-refractivity contribution in [2.45, 2.75) is 110 Å². The van der Waals surface area contributed by atoms with Crippen molar-refractivity contribution in [3.63, 3.8) is 0 Å². The summed E-state index contributed by atoms with van der Waals surface area (Å²) in [6.07, 6.45) is 4.76. The number of ether oxygens (including phenoxy) is 2. The largest absolute Gasteiger partial charge is 0.497 e. The molecular formula is C38H50N8O7. The van der Waals surface area contributed by atoms with Crippen LogP contribution < -0.4 is 30.7 Å². The summed E-state index contributed by atoms with van der Waals surface area (Å²) in [5.74, 6) is -1.49. The lowest BCUT2D eigenvalue weighted by molar-refractivity contribution is -0.161. The van der Waals surface area contributed by atoms with Gasteiger partial charge in [0.2, 0.25) is 23.4 Å². The van der Waals surface area contributed by atoms with E-state index in [9.17, 15) is 24.0 Å². The van der Waals surface area contributed by atoms with E-state index in [0.29, 0.717) is 34.6 Å². The molecule has 1 aromatic carbocycles. The molecule has 284 valence electrons. The number of ketones is 2. The third-order valence-corrected chi connectivity index (χ3v) is 9.88. The van der Waals surface area contributed by atoms with Crippen molar-refractivity contribution in [3.8, 4) is 17.3 Å². The van der Waals surface area contributed by atoms with Crippen molar-refractivity contribution < 1.29 is 33.4 Å². The maximum Gasteiger partial charge on any atom is 0.315 e. The van der Waals surface area contributed by atoms with Gasteiger partial charge >= 0.3 is 6.03 Å². The van der Waals surface area contributed by atoms with Gasteiger partial charge in [-0.15, -0.1) is 0 Å². The molecule has 3 aliphatic rings. The van der Waals surface area contributed by atoms with Gasteiger partial charge < -0.3 is 30.3 Å². The normalized spacial score (nSPS) is 23.7. The Morgan fingerprint density at radius 1 is 1.08 bits per heavy atom. The van der Waals surface area contributed by atoms with Crippen LogP contribution in [0, 0.1) is 11.3 Å². The van der Waals surface area contributed by atoms with Gasteiger partial charge in [0, 0.05) is 47.9 Å². The molecule has 5 atom stereocenters. The lowest BCUT2D eigenvalue weighted by atomic mass is 9.68. The van der Waals surface area contributed by atoms with E-state index in [1.165, 1.54) is 4.90 Å². The first-order chi connectivity index (χ1) is 24.9. The molecule has 15 nitrogen and oxygen atoms in total. The summed E-state index contributed by atoms with van der Waals surface area (Å²) in [6, 6.07) is 6.27. The molecular weight excluding hydrogens is 680 g/mol. The Hall–Kier alpha value is -5.05. The number of methoxy groups -OCH3 is 1. The third-order valence-electron chi connectivity index (χ3n) is 9.88. The van der Waals surface area contributed by atoms with Gasteiger partial charge in [0.15, 0.2) is 11.5 Å². The lowest BCUT2D eigenvalue weighted by Gasteiger charge is -2.47. The second-order valence-electron chi connectivity index (χ2n) is 16.3. The number of rotatable bonds is 11.